The minimum atomic E-state index is 0.0444. The lowest BCUT2D eigenvalue weighted by atomic mass is 10.2. The molecular formula is C23H33N5O3. The Morgan fingerprint density at radius 1 is 1.00 bits per heavy atom. The Morgan fingerprint density at radius 3 is 2.32 bits per heavy atom. The normalized spacial score (nSPS) is 19.7. The molecule has 2 aliphatic heterocycles. The monoisotopic (exact) mass is 427 g/mol. The Labute approximate surface area is 184 Å². The first-order chi connectivity index (χ1) is 15.1. The summed E-state index contributed by atoms with van der Waals surface area (Å²) in [7, 11) is 1.64. The number of piperazine rings is 1. The summed E-state index contributed by atoms with van der Waals surface area (Å²) in [5, 5.41) is 8.51. The summed E-state index contributed by atoms with van der Waals surface area (Å²) in [5.74, 6) is 2.22. The van der Waals surface area contributed by atoms with Gasteiger partial charge in [-0.15, -0.1) is 10.2 Å². The van der Waals surface area contributed by atoms with Gasteiger partial charge in [0.05, 0.1) is 19.7 Å². The lowest BCUT2D eigenvalue weighted by Gasteiger charge is -2.37. The van der Waals surface area contributed by atoms with E-state index in [1.807, 2.05) is 24.3 Å². The zero-order valence-corrected chi connectivity index (χ0v) is 18.6. The van der Waals surface area contributed by atoms with Crippen molar-refractivity contribution in [3.05, 3.63) is 30.2 Å². The summed E-state index contributed by atoms with van der Waals surface area (Å²) in [6.07, 6.45) is 4.77. The summed E-state index contributed by atoms with van der Waals surface area (Å²) in [4.78, 5) is 19.3. The molecule has 0 N–H and O–H groups in total. The van der Waals surface area contributed by atoms with Gasteiger partial charge in [0.15, 0.2) is 0 Å². The van der Waals surface area contributed by atoms with Crippen LogP contribution < -0.4 is 4.74 Å². The van der Waals surface area contributed by atoms with Gasteiger partial charge in [0.25, 0.3) is 0 Å². The minimum absolute atomic E-state index is 0.0444. The van der Waals surface area contributed by atoms with Crippen molar-refractivity contribution >= 4 is 5.91 Å². The number of ether oxygens (including phenoxy) is 1. The van der Waals surface area contributed by atoms with Crippen LogP contribution in [0.15, 0.2) is 28.7 Å². The number of benzene rings is 1. The van der Waals surface area contributed by atoms with Gasteiger partial charge in [0, 0.05) is 44.8 Å². The third-order valence-electron chi connectivity index (χ3n) is 6.41. The van der Waals surface area contributed by atoms with E-state index in [1.54, 1.807) is 7.11 Å². The molecule has 0 unspecified atom stereocenters. The fourth-order valence-corrected chi connectivity index (χ4v) is 4.33. The second kappa shape index (κ2) is 10.2. The van der Waals surface area contributed by atoms with E-state index in [0.717, 1.165) is 63.4 Å². The van der Waals surface area contributed by atoms with E-state index in [4.69, 9.17) is 9.15 Å². The van der Waals surface area contributed by atoms with Crippen LogP contribution in [0, 0.1) is 0 Å². The molecule has 3 heterocycles. The molecule has 31 heavy (non-hydrogen) atoms. The van der Waals surface area contributed by atoms with Crippen molar-refractivity contribution < 1.29 is 13.9 Å². The molecule has 1 aromatic carbocycles. The SMILES string of the molecule is COc1ccc(-c2nnc([C@H](C)N3CCN(CC(=O)N4CCCCCC4)CC3)o2)cc1. The standard InChI is InChI=1S/C23H33N5O3/c1-18(22-24-25-23(31-22)19-7-9-20(30-2)10-8-19)27-15-13-26(14-16-27)17-21(29)28-11-5-3-4-6-12-28/h7-10,18H,3-6,11-17H2,1-2H3/t18-/m0/s1. The summed E-state index contributed by atoms with van der Waals surface area (Å²) in [5.41, 5.74) is 0.878. The Bertz CT molecular complexity index is 837. The van der Waals surface area contributed by atoms with Crippen molar-refractivity contribution in [1.82, 2.24) is 24.9 Å². The quantitative estimate of drug-likeness (QED) is 0.702. The predicted octanol–water partition coefficient (Wildman–Crippen LogP) is 2.83. The molecule has 0 aliphatic carbocycles. The van der Waals surface area contributed by atoms with Crippen molar-refractivity contribution in [3.63, 3.8) is 0 Å². The van der Waals surface area contributed by atoms with Gasteiger partial charge >= 0.3 is 0 Å². The van der Waals surface area contributed by atoms with Crippen LogP contribution in [0.4, 0.5) is 0 Å². The zero-order valence-electron chi connectivity index (χ0n) is 18.6. The fraction of sp³-hybridized carbons (Fsp3) is 0.609. The lowest BCUT2D eigenvalue weighted by molar-refractivity contribution is -0.132. The summed E-state index contributed by atoms with van der Waals surface area (Å²) in [6, 6.07) is 7.65. The topological polar surface area (TPSA) is 74.9 Å². The maximum atomic E-state index is 12.7. The third kappa shape index (κ3) is 5.43. The molecule has 8 heteroatoms. The van der Waals surface area contributed by atoms with Gasteiger partial charge in [-0.1, -0.05) is 12.8 Å². The highest BCUT2D eigenvalue weighted by atomic mass is 16.5. The maximum Gasteiger partial charge on any atom is 0.247 e. The molecule has 2 aliphatic rings. The molecule has 1 atom stereocenters. The van der Waals surface area contributed by atoms with Crippen LogP contribution in [0.5, 0.6) is 5.75 Å². The van der Waals surface area contributed by atoms with Crippen molar-refractivity contribution in [2.24, 2.45) is 0 Å². The summed E-state index contributed by atoms with van der Waals surface area (Å²) in [6.45, 7) is 8.00. The molecule has 1 aromatic heterocycles. The number of hydrogen-bond acceptors (Lipinski definition) is 7. The predicted molar refractivity (Wildman–Crippen MR) is 118 cm³/mol. The van der Waals surface area contributed by atoms with E-state index in [0.29, 0.717) is 18.3 Å². The molecule has 0 bridgehead atoms. The van der Waals surface area contributed by atoms with Gasteiger partial charge in [-0.25, -0.2) is 0 Å². The van der Waals surface area contributed by atoms with Crippen LogP contribution in [0.3, 0.4) is 0 Å². The van der Waals surface area contributed by atoms with Gasteiger partial charge in [-0.05, 0) is 44.0 Å². The largest absolute Gasteiger partial charge is 0.497 e. The number of likely N-dealkylation sites (tertiary alicyclic amines) is 1. The molecule has 8 nitrogen and oxygen atoms in total. The molecular weight excluding hydrogens is 394 g/mol. The molecule has 2 aromatic rings. The maximum absolute atomic E-state index is 12.7. The molecule has 1 amide bonds. The second-order valence-corrected chi connectivity index (χ2v) is 8.46. The van der Waals surface area contributed by atoms with E-state index < -0.39 is 0 Å². The van der Waals surface area contributed by atoms with Crippen LogP contribution in [-0.4, -0.2) is 83.7 Å². The Morgan fingerprint density at radius 2 is 1.68 bits per heavy atom. The van der Waals surface area contributed by atoms with Gasteiger partial charge < -0.3 is 14.1 Å². The van der Waals surface area contributed by atoms with E-state index >= 15 is 0 Å². The molecule has 0 saturated carbocycles. The number of aromatic nitrogens is 2. The van der Waals surface area contributed by atoms with Crippen LogP contribution >= 0.6 is 0 Å². The fourth-order valence-electron chi connectivity index (χ4n) is 4.33. The van der Waals surface area contributed by atoms with E-state index in [-0.39, 0.29) is 11.9 Å². The smallest absolute Gasteiger partial charge is 0.247 e. The highest BCUT2D eigenvalue weighted by molar-refractivity contribution is 5.78. The highest BCUT2D eigenvalue weighted by Gasteiger charge is 2.27. The lowest BCUT2D eigenvalue weighted by Crippen LogP contribution is -2.50. The Balaban J connectivity index is 1.28. The van der Waals surface area contributed by atoms with Crippen LogP contribution in [0.2, 0.25) is 0 Å². The average Bonchev–Trinajstić information content (AvgIpc) is 3.14. The third-order valence-corrected chi connectivity index (χ3v) is 6.41. The highest BCUT2D eigenvalue weighted by Crippen LogP contribution is 2.26. The molecule has 0 radical (unpaired) electrons. The van der Waals surface area contributed by atoms with Gasteiger partial charge in [0.2, 0.25) is 17.7 Å². The zero-order chi connectivity index (χ0) is 21.6. The van der Waals surface area contributed by atoms with Crippen molar-refractivity contribution in [1.29, 1.82) is 0 Å². The van der Waals surface area contributed by atoms with Gasteiger partial charge in [-0.3, -0.25) is 14.6 Å². The van der Waals surface area contributed by atoms with Crippen LogP contribution in [-0.2, 0) is 4.79 Å². The number of methoxy groups -OCH3 is 1. The number of rotatable bonds is 6. The molecule has 168 valence electrons. The molecule has 0 spiro atoms. The van der Waals surface area contributed by atoms with Gasteiger partial charge in [0.1, 0.15) is 5.75 Å². The van der Waals surface area contributed by atoms with E-state index in [2.05, 4.69) is 31.8 Å². The number of carbonyl (C=O) groups is 1. The summed E-state index contributed by atoms with van der Waals surface area (Å²) >= 11 is 0. The first kappa shape index (κ1) is 21.8. The second-order valence-electron chi connectivity index (χ2n) is 8.46. The first-order valence-electron chi connectivity index (χ1n) is 11.4. The van der Waals surface area contributed by atoms with Crippen molar-refractivity contribution in [2.75, 3.05) is 52.9 Å². The van der Waals surface area contributed by atoms with Crippen molar-refractivity contribution in [3.8, 4) is 17.2 Å². The van der Waals surface area contributed by atoms with Gasteiger partial charge in [-0.2, -0.15) is 0 Å². The van der Waals surface area contributed by atoms with Crippen LogP contribution in [0.25, 0.3) is 11.5 Å². The number of amides is 1. The van der Waals surface area contributed by atoms with E-state index in [1.165, 1.54) is 12.8 Å². The first-order valence-corrected chi connectivity index (χ1v) is 11.4. The minimum Gasteiger partial charge on any atom is -0.497 e. The number of nitrogens with zero attached hydrogens (tertiary/aromatic N) is 5. The number of hydrogen-bond donors (Lipinski definition) is 0. The van der Waals surface area contributed by atoms with E-state index in [9.17, 15) is 4.79 Å². The molecule has 4 rings (SSSR count). The Kier molecular flexibility index (Phi) is 7.19. The number of carbonyl (C=O) groups excluding carboxylic acids is 1. The van der Waals surface area contributed by atoms with Crippen molar-refractivity contribution in [2.45, 2.75) is 38.6 Å². The summed E-state index contributed by atoms with van der Waals surface area (Å²) < 4.78 is 11.2. The molecule has 2 fully saturated rings. The van der Waals surface area contributed by atoms with Crippen LogP contribution in [0.1, 0.15) is 44.5 Å². The molecule has 2 saturated heterocycles. The Hall–Kier alpha value is -2.45. The average molecular weight is 428 g/mol.